The van der Waals surface area contributed by atoms with Gasteiger partial charge in [-0.05, 0) is 32.3 Å². The molecule has 1 aromatic rings. The Bertz CT molecular complexity index is 359. The van der Waals surface area contributed by atoms with Gasteiger partial charge in [0.2, 0.25) is 0 Å². The van der Waals surface area contributed by atoms with Crippen LogP contribution < -0.4 is 5.32 Å². The lowest BCUT2D eigenvalue weighted by Crippen LogP contribution is -2.24. The summed E-state index contributed by atoms with van der Waals surface area (Å²) in [5, 5.41) is 17.2. The first-order chi connectivity index (χ1) is 7.08. The molecule has 0 aliphatic carbocycles. The third-order valence-corrected chi connectivity index (χ3v) is 3.31. The Morgan fingerprint density at radius 2 is 2.27 bits per heavy atom. The number of rotatable bonds is 2. The van der Waals surface area contributed by atoms with Gasteiger partial charge >= 0.3 is 0 Å². The lowest BCUT2D eigenvalue weighted by atomic mass is 10.0. The van der Waals surface area contributed by atoms with E-state index in [0.29, 0.717) is 6.04 Å². The van der Waals surface area contributed by atoms with Gasteiger partial charge in [-0.25, -0.2) is 0 Å². The number of aliphatic hydroxyl groups is 1. The summed E-state index contributed by atoms with van der Waals surface area (Å²) >= 11 is 0. The van der Waals surface area contributed by atoms with Gasteiger partial charge in [0.05, 0.1) is 11.8 Å². The van der Waals surface area contributed by atoms with Gasteiger partial charge < -0.3 is 10.4 Å². The van der Waals surface area contributed by atoms with Crippen LogP contribution in [0.25, 0.3) is 0 Å². The molecule has 2 atom stereocenters. The summed E-state index contributed by atoms with van der Waals surface area (Å²) in [4.78, 5) is 0. The second kappa shape index (κ2) is 3.94. The normalized spacial score (nSPS) is 26.1. The molecule has 1 aromatic heterocycles. The fourth-order valence-corrected chi connectivity index (χ4v) is 2.31. The highest BCUT2D eigenvalue weighted by atomic mass is 16.3. The second-order valence-corrected chi connectivity index (χ2v) is 4.47. The van der Waals surface area contributed by atoms with Crippen LogP contribution in [0.1, 0.15) is 23.4 Å². The summed E-state index contributed by atoms with van der Waals surface area (Å²) in [6.07, 6.45) is 1.66. The zero-order chi connectivity index (χ0) is 11.0. The number of hydrogen-bond acceptors (Lipinski definition) is 3. The fourth-order valence-electron chi connectivity index (χ4n) is 2.31. The summed E-state index contributed by atoms with van der Waals surface area (Å²) in [6, 6.07) is 0.404. The van der Waals surface area contributed by atoms with Crippen molar-refractivity contribution in [3.05, 3.63) is 17.0 Å². The molecular formula is C11H19N3O. The Kier molecular flexibility index (Phi) is 2.80. The second-order valence-electron chi connectivity index (χ2n) is 4.47. The Morgan fingerprint density at radius 1 is 1.53 bits per heavy atom. The van der Waals surface area contributed by atoms with Crippen molar-refractivity contribution in [2.45, 2.75) is 38.8 Å². The standard InChI is InChI=1S/C11H19N3O/c1-7-11(8(2)14(3)13-7)5-9-4-10(15)6-12-9/h9-10,12,15H,4-6H2,1-3H3. The lowest BCUT2D eigenvalue weighted by Gasteiger charge is -2.10. The number of nitrogens with zero attached hydrogens (tertiary/aromatic N) is 2. The van der Waals surface area contributed by atoms with E-state index in [4.69, 9.17) is 0 Å². The Morgan fingerprint density at radius 3 is 2.73 bits per heavy atom. The van der Waals surface area contributed by atoms with Crippen molar-refractivity contribution >= 4 is 0 Å². The SMILES string of the molecule is Cc1nn(C)c(C)c1CC1CC(O)CN1. The van der Waals surface area contributed by atoms with Crippen molar-refractivity contribution in [1.29, 1.82) is 0 Å². The molecule has 0 saturated carbocycles. The van der Waals surface area contributed by atoms with Crippen molar-refractivity contribution in [2.75, 3.05) is 6.54 Å². The van der Waals surface area contributed by atoms with E-state index in [-0.39, 0.29) is 6.10 Å². The topological polar surface area (TPSA) is 50.1 Å². The first-order valence-electron chi connectivity index (χ1n) is 5.48. The van der Waals surface area contributed by atoms with Crippen LogP contribution in [-0.4, -0.2) is 33.6 Å². The number of hydrogen-bond donors (Lipinski definition) is 2. The first-order valence-corrected chi connectivity index (χ1v) is 5.48. The molecule has 1 fully saturated rings. The Labute approximate surface area is 90.3 Å². The maximum atomic E-state index is 9.44. The zero-order valence-electron chi connectivity index (χ0n) is 9.62. The molecular weight excluding hydrogens is 190 g/mol. The molecule has 2 heterocycles. The summed E-state index contributed by atoms with van der Waals surface area (Å²) in [5.74, 6) is 0. The predicted octanol–water partition coefficient (Wildman–Crippen LogP) is 0.302. The summed E-state index contributed by atoms with van der Waals surface area (Å²) in [6.45, 7) is 4.87. The highest BCUT2D eigenvalue weighted by molar-refractivity contribution is 5.25. The molecule has 2 unspecified atom stereocenters. The molecule has 1 saturated heterocycles. The average Bonchev–Trinajstić information content (AvgIpc) is 2.67. The average molecular weight is 209 g/mol. The molecule has 15 heavy (non-hydrogen) atoms. The monoisotopic (exact) mass is 209 g/mol. The number of β-amino-alcohol motifs (C(OH)–C–C–N with tert-alkyl or cyclic N) is 1. The van der Waals surface area contributed by atoms with E-state index in [2.05, 4.69) is 17.3 Å². The van der Waals surface area contributed by atoms with Gasteiger partial charge in [0.1, 0.15) is 0 Å². The Balaban J connectivity index is 2.10. The van der Waals surface area contributed by atoms with Gasteiger partial charge in [0.25, 0.3) is 0 Å². The van der Waals surface area contributed by atoms with E-state index >= 15 is 0 Å². The minimum atomic E-state index is -0.174. The molecule has 1 aliphatic rings. The van der Waals surface area contributed by atoms with Crippen molar-refractivity contribution in [3.63, 3.8) is 0 Å². The quantitative estimate of drug-likeness (QED) is 0.736. The van der Waals surface area contributed by atoms with Crippen LogP contribution in [0.3, 0.4) is 0 Å². The number of nitrogens with one attached hydrogen (secondary N) is 1. The fraction of sp³-hybridized carbons (Fsp3) is 0.727. The summed E-state index contributed by atoms with van der Waals surface area (Å²) in [5.41, 5.74) is 3.66. The van der Waals surface area contributed by atoms with Crippen molar-refractivity contribution < 1.29 is 5.11 Å². The van der Waals surface area contributed by atoms with E-state index in [1.807, 2.05) is 18.7 Å². The zero-order valence-corrected chi connectivity index (χ0v) is 9.62. The van der Waals surface area contributed by atoms with Crippen LogP contribution in [0.4, 0.5) is 0 Å². The van der Waals surface area contributed by atoms with Gasteiger partial charge in [-0.2, -0.15) is 5.10 Å². The highest BCUT2D eigenvalue weighted by Gasteiger charge is 2.24. The van der Waals surface area contributed by atoms with E-state index in [1.165, 1.54) is 11.3 Å². The van der Waals surface area contributed by atoms with Crippen LogP contribution in [0.5, 0.6) is 0 Å². The molecule has 2 rings (SSSR count). The third-order valence-electron chi connectivity index (χ3n) is 3.31. The molecule has 0 spiro atoms. The highest BCUT2D eigenvalue weighted by Crippen LogP contribution is 2.18. The summed E-state index contributed by atoms with van der Waals surface area (Å²) in [7, 11) is 1.97. The van der Waals surface area contributed by atoms with E-state index < -0.39 is 0 Å². The van der Waals surface area contributed by atoms with Gasteiger partial charge in [-0.1, -0.05) is 0 Å². The molecule has 1 aliphatic heterocycles. The minimum Gasteiger partial charge on any atom is -0.392 e. The first kappa shape index (κ1) is 10.6. The van der Waals surface area contributed by atoms with E-state index in [1.54, 1.807) is 0 Å². The summed E-state index contributed by atoms with van der Waals surface area (Å²) < 4.78 is 1.93. The van der Waals surface area contributed by atoms with Gasteiger partial charge in [0, 0.05) is 25.3 Å². The maximum absolute atomic E-state index is 9.44. The van der Waals surface area contributed by atoms with Gasteiger partial charge in [0.15, 0.2) is 0 Å². The molecule has 0 radical (unpaired) electrons. The van der Waals surface area contributed by atoms with Gasteiger partial charge in [-0.3, -0.25) is 4.68 Å². The van der Waals surface area contributed by atoms with Crippen LogP contribution in [0, 0.1) is 13.8 Å². The van der Waals surface area contributed by atoms with E-state index in [0.717, 1.165) is 25.1 Å². The number of aliphatic hydroxyl groups excluding tert-OH is 1. The molecule has 4 nitrogen and oxygen atoms in total. The smallest absolute Gasteiger partial charge is 0.0679 e. The number of aryl methyl sites for hydroxylation is 2. The molecule has 0 aromatic carbocycles. The molecule has 0 amide bonds. The van der Waals surface area contributed by atoms with Crippen molar-refractivity contribution in [2.24, 2.45) is 7.05 Å². The molecule has 0 bridgehead atoms. The van der Waals surface area contributed by atoms with Gasteiger partial charge in [-0.15, -0.1) is 0 Å². The number of aromatic nitrogens is 2. The maximum Gasteiger partial charge on any atom is 0.0679 e. The van der Waals surface area contributed by atoms with Crippen molar-refractivity contribution in [1.82, 2.24) is 15.1 Å². The lowest BCUT2D eigenvalue weighted by molar-refractivity contribution is 0.193. The van der Waals surface area contributed by atoms with E-state index in [9.17, 15) is 5.11 Å². The minimum absolute atomic E-state index is 0.174. The largest absolute Gasteiger partial charge is 0.392 e. The van der Waals surface area contributed by atoms with Crippen LogP contribution >= 0.6 is 0 Å². The van der Waals surface area contributed by atoms with Crippen LogP contribution in [0.2, 0.25) is 0 Å². The van der Waals surface area contributed by atoms with Crippen LogP contribution in [-0.2, 0) is 13.5 Å². The molecule has 2 N–H and O–H groups in total. The molecule has 84 valence electrons. The Hall–Kier alpha value is -0.870. The van der Waals surface area contributed by atoms with Crippen LogP contribution in [0.15, 0.2) is 0 Å². The molecule has 4 heteroatoms. The predicted molar refractivity (Wildman–Crippen MR) is 58.8 cm³/mol. The third kappa shape index (κ3) is 2.06. The van der Waals surface area contributed by atoms with Crippen molar-refractivity contribution in [3.8, 4) is 0 Å².